The van der Waals surface area contributed by atoms with Gasteiger partial charge in [-0.2, -0.15) is 0 Å². The van der Waals surface area contributed by atoms with Crippen LogP contribution in [0.4, 0.5) is 0 Å². The molecule has 0 amide bonds. The van der Waals surface area contributed by atoms with Gasteiger partial charge in [-0.3, -0.25) is 19.2 Å². The zero-order chi connectivity index (χ0) is 19.2. The summed E-state index contributed by atoms with van der Waals surface area (Å²) in [5.41, 5.74) is -12.1. The monoisotopic (exact) mass is 364 g/mol. The lowest BCUT2D eigenvalue weighted by atomic mass is 9.62. The van der Waals surface area contributed by atoms with Crippen LogP contribution in [-0.2, 0) is 19.2 Å². The van der Waals surface area contributed by atoms with E-state index in [4.69, 9.17) is 0 Å². The number of Topliss-reactive ketones (excluding diaryl/α,β-unsaturated/α-hetero) is 4. The molecule has 1 aliphatic rings. The molecule has 1 aliphatic heterocycles. The smallest absolute Gasteiger partial charge is 0.199 e. The van der Waals surface area contributed by atoms with Gasteiger partial charge in [0.2, 0.25) is 0 Å². The van der Waals surface area contributed by atoms with Crippen LogP contribution in [0.3, 0.4) is 0 Å². The Morgan fingerprint density at radius 3 is 1.58 bits per heavy atom. The molecular formula is C14H20O9S. The van der Waals surface area contributed by atoms with Gasteiger partial charge >= 0.3 is 0 Å². The van der Waals surface area contributed by atoms with Gasteiger partial charge in [0.05, 0.1) is 5.25 Å². The Bertz CT molecular complexity index is 605. The quantitative estimate of drug-likeness (QED) is 0.347. The zero-order valence-electron chi connectivity index (χ0n) is 13.5. The van der Waals surface area contributed by atoms with Crippen LogP contribution in [0, 0.1) is 0 Å². The molecule has 1 saturated heterocycles. The molecular weight excluding hydrogens is 344 g/mol. The van der Waals surface area contributed by atoms with Gasteiger partial charge in [0.1, 0.15) is 11.5 Å². The van der Waals surface area contributed by atoms with E-state index in [1.54, 1.807) is 0 Å². The van der Waals surface area contributed by atoms with E-state index in [2.05, 4.69) is 0 Å². The van der Waals surface area contributed by atoms with Crippen molar-refractivity contribution in [2.45, 2.75) is 61.3 Å². The molecule has 0 saturated carbocycles. The van der Waals surface area contributed by atoms with Crippen LogP contribution in [0.25, 0.3) is 0 Å². The first-order chi connectivity index (χ1) is 10.7. The molecule has 0 aromatic rings. The second-order valence-electron chi connectivity index (χ2n) is 5.88. The number of aliphatic hydroxyl groups excluding tert-OH is 2. The van der Waals surface area contributed by atoms with Crippen molar-refractivity contribution in [3.63, 3.8) is 0 Å². The van der Waals surface area contributed by atoms with Crippen LogP contribution in [0.1, 0.15) is 27.7 Å². The maximum Gasteiger partial charge on any atom is 0.199 e. The first-order valence-electron chi connectivity index (χ1n) is 6.92. The Balaban J connectivity index is 3.86. The largest absolute Gasteiger partial charge is 0.384 e. The lowest BCUT2D eigenvalue weighted by molar-refractivity contribution is -0.246. The highest BCUT2D eigenvalue weighted by Crippen LogP contribution is 2.52. The van der Waals surface area contributed by atoms with E-state index in [1.165, 1.54) is 0 Å². The van der Waals surface area contributed by atoms with E-state index in [0.29, 0.717) is 6.92 Å². The van der Waals surface area contributed by atoms with Crippen molar-refractivity contribution in [3.05, 3.63) is 0 Å². The summed E-state index contributed by atoms with van der Waals surface area (Å²) in [4.78, 5) is 47.5. The Kier molecular flexibility index (Phi) is 5.46. The molecule has 1 unspecified atom stereocenters. The summed E-state index contributed by atoms with van der Waals surface area (Å²) in [5.74, 6) is -4.86. The lowest BCUT2D eigenvalue weighted by Crippen LogP contribution is -2.85. The van der Waals surface area contributed by atoms with Gasteiger partial charge in [-0.1, -0.05) is 0 Å². The predicted octanol–water partition coefficient (Wildman–Crippen LogP) is -2.67. The van der Waals surface area contributed by atoms with Crippen molar-refractivity contribution >= 4 is 34.9 Å². The van der Waals surface area contributed by atoms with Gasteiger partial charge in [-0.05, 0) is 27.7 Å². The molecule has 5 N–H and O–H groups in total. The van der Waals surface area contributed by atoms with Crippen molar-refractivity contribution < 1.29 is 44.7 Å². The third-order valence-corrected chi connectivity index (χ3v) is 5.93. The van der Waals surface area contributed by atoms with Gasteiger partial charge < -0.3 is 25.5 Å². The summed E-state index contributed by atoms with van der Waals surface area (Å²) < 4.78 is 0. The molecule has 24 heavy (non-hydrogen) atoms. The molecule has 0 aromatic carbocycles. The van der Waals surface area contributed by atoms with Crippen LogP contribution in [0.2, 0.25) is 0 Å². The third-order valence-electron chi connectivity index (χ3n) is 4.43. The molecule has 1 fully saturated rings. The second-order valence-corrected chi connectivity index (χ2v) is 7.10. The minimum atomic E-state index is -3.47. The summed E-state index contributed by atoms with van der Waals surface area (Å²) in [6.45, 7) is 3.13. The molecule has 9 nitrogen and oxygen atoms in total. The second kappa shape index (κ2) is 6.28. The van der Waals surface area contributed by atoms with E-state index < -0.39 is 56.7 Å². The van der Waals surface area contributed by atoms with Crippen LogP contribution in [0.5, 0.6) is 0 Å². The Labute approximate surface area is 141 Å². The fourth-order valence-electron chi connectivity index (χ4n) is 2.95. The number of carbonyl (C=O) groups excluding carboxylic acids is 4. The fourth-order valence-corrected chi connectivity index (χ4v) is 4.63. The summed E-state index contributed by atoms with van der Waals surface area (Å²) in [6, 6.07) is 0. The number of aliphatic hydroxyl groups is 5. The first-order valence-corrected chi connectivity index (χ1v) is 7.87. The molecule has 10 heteroatoms. The number of hydrogen-bond acceptors (Lipinski definition) is 10. The van der Waals surface area contributed by atoms with E-state index in [-0.39, 0.29) is 11.8 Å². The Morgan fingerprint density at radius 1 is 0.875 bits per heavy atom. The molecule has 0 radical (unpaired) electrons. The number of rotatable bonds is 5. The molecule has 0 spiro atoms. The van der Waals surface area contributed by atoms with Gasteiger partial charge in [0.15, 0.2) is 39.9 Å². The van der Waals surface area contributed by atoms with Crippen LogP contribution in [-0.4, -0.2) is 82.3 Å². The molecule has 6 atom stereocenters. The van der Waals surface area contributed by atoms with Gasteiger partial charge in [0.25, 0.3) is 0 Å². The number of hydrogen-bond donors (Lipinski definition) is 5. The molecule has 1 heterocycles. The number of carbonyl (C=O) groups is 4. The highest BCUT2D eigenvalue weighted by atomic mass is 32.2. The molecule has 0 aliphatic carbocycles. The highest BCUT2D eigenvalue weighted by molar-refractivity contribution is 8.00. The summed E-state index contributed by atoms with van der Waals surface area (Å²) >= 11 is 0.144. The summed E-state index contributed by atoms with van der Waals surface area (Å²) in [5, 5.41) is 50.4. The Hall–Kier alpha value is -1.17. The highest BCUT2D eigenvalue weighted by Gasteiger charge is 2.78. The zero-order valence-corrected chi connectivity index (χ0v) is 14.3. The van der Waals surface area contributed by atoms with E-state index in [9.17, 15) is 44.7 Å². The maximum atomic E-state index is 12.1. The number of thioether (sulfide) groups is 1. The van der Waals surface area contributed by atoms with Crippen molar-refractivity contribution in [1.29, 1.82) is 0 Å². The Morgan fingerprint density at radius 2 is 1.29 bits per heavy atom. The van der Waals surface area contributed by atoms with Crippen molar-refractivity contribution in [1.82, 2.24) is 0 Å². The molecule has 136 valence electrons. The lowest BCUT2D eigenvalue weighted by Gasteiger charge is -2.57. The van der Waals surface area contributed by atoms with E-state index in [0.717, 1.165) is 20.8 Å². The van der Waals surface area contributed by atoms with E-state index >= 15 is 0 Å². The maximum absolute atomic E-state index is 12.1. The SMILES string of the molecule is CC(=O)C(O)[C@@H]1S[C@H](O)[C@@](O)(C(C)=O)[C@](O)(C(C)=O)[C@@]1(O)C(C)=O. The van der Waals surface area contributed by atoms with Crippen molar-refractivity contribution in [2.75, 3.05) is 0 Å². The van der Waals surface area contributed by atoms with Crippen molar-refractivity contribution in [3.8, 4) is 0 Å². The normalized spacial score (nSPS) is 40.7. The number of ketones is 4. The minimum Gasteiger partial charge on any atom is -0.384 e. The van der Waals surface area contributed by atoms with Gasteiger partial charge in [-0.25, -0.2) is 0 Å². The third kappa shape index (κ3) is 2.37. The fraction of sp³-hybridized carbons (Fsp3) is 0.714. The molecule has 0 bridgehead atoms. The van der Waals surface area contributed by atoms with Crippen molar-refractivity contribution in [2.24, 2.45) is 0 Å². The van der Waals surface area contributed by atoms with Gasteiger partial charge in [-0.15, -0.1) is 11.8 Å². The summed E-state index contributed by atoms with van der Waals surface area (Å²) in [6.07, 6.45) is -2.05. The molecule has 0 aromatic heterocycles. The summed E-state index contributed by atoms with van der Waals surface area (Å²) in [7, 11) is 0. The molecule has 1 rings (SSSR count). The van der Waals surface area contributed by atoms with Gasteiger partial charge in [0, 0.05) is 0 Å². The standard InChI is InChI=1S/C14H20O9S/c1-5(15)9(19)10-12(21,6(2)16)14(23,8(4)18)13(22,7(3)17)11(20)24-10/h9-11,19-23H,1-4H3/t9?,10-,11-,12+,13-,14-/m0/s1. The van der Waals surface area contributed by atoms with Crippen LogP contribution >= 0.6 is 11.8 Å². The average Bonchev–Trinajstić information content (AvgIpc) is 2.46. The minimum absolute atomic E-state index is 0.144. The predicted molar refractivity (Wildman–Crippen MR) is 81.0 cm³/mol. The van der Waals surface area contributed by atoms with E-state index in [1.807, 2.05) is 0 Å². The van der Waals surface area contributed by atoms with Crippen LogP contribution in [0.15, 0.2) is 0 Å². The topological polar surface area (TPSA) is 169 Å². The average molecular weight is 364 g/mol. The first kappa shape index (κ1) is 20.9. The van der Waals surface area contributed by atoms with Crippen LogP contribution < -0.4 is 0 Å².